The predicted octanol–water partition coefficient (Wildman–Crippen LogP) is 1.83. The standard InChI is InChI=1S/C27H43N5O5/c1-20(2)30(4)16-22(33)17-31-11-13-32(14-12-31)18-26-28-23(19-37-26)27(34)29(3)10-9-21-7-8-24(35-5)25(15-21)36-6/h7-8,15,19-20,22,33H,9-14,16-18H2,1-6H3/t22-/m1/s1. The summed E-state index contributed by atoms with van der Waals surface area (Å²) in [6, 6.07) is 6.18. The molecule has 37 heavy (non-hydrogen) atoms. The van der Waals surface area contributed by atoms with Gasteiger partial charge in [0.05, 0.1) is 26.9 Å². The molecule has 1 amide bonds. The average molecular weight is 518 g/mol. The third-order valence-corrected chi connectivity index (χ3v) is 6.97. The minimum absolute atomic E-state index is 0.166. The highest BCUT2D eigenvalue weighted by molar-refractivity contribution is 5.91. The second kappa shape index (κ2) is 13.8. The van der Waals surface area contributed by atoms with E-state index < -0.39 is 0 Å². The fourth-order valence-electron chi connectivity index (χ4n) is 4.33. The van der Waals surface area contributed by atoms with Crippen molar-refractivity contribution in [2.24, 2.45) is 0 Å². The monoisotopic (exact) mass is 517 g/mol. The van der Waals surface area contributed by atoms with Gasteiger partial charge in [0.1, 0.15) is 6.26 Å². The molecule has 1 aliphatic heterocycles. The van der Waals surface area contributed by atoms with E-state index >= 15 is 0 Å². The van der Waals surface area contributed by atoms with Gasteiger partial charge in [0.25, 0.3) is 5.91 Å². The predicted molar refractivity (Wildman–Crippen MR) is 142 cm³/mol. The normalized spacial score (nSPS) is 15.8. The van der Waals surface area contributed by atoms with E-state index in [2.05, 4.69) is 33.5 Å². The summed E-state index contributed by atoms with van der Waals surface area (Å²) in [6.45, 7) is 10.2. The molecule has 1 aromatic heterocycles. The van der Waals surface area contributed by atoms with E-state index in [9.17, 15) is 9.90 Å². The number of methoxy groups -OCH3 is 2. The number of benzene rings is 1. The van der Waals surface area contributed by atoms with Crippen molar-refractivity contribution in [1.82, 2.24) is 24.6 Å². The van der Waals surface area contributed by atoms with Gasteiger partial charge in [-0.15, -0.1) is 0 Å². The van der Waals surface area contributed by atoms with Gasteiger partial charge in [-0.25, -0.2) is 4.98 Å². The van der Waals surface area contributed by atoms with Crippen LogP contribution in [0.2, 0.25) is 0 Å². The summed E-state index contributed by atoms with van der Waals surface area (Å²) >= 11 is 0. The van der Waals surface area contributed by atoms with Crippen LogP contribution in [0.25, 0.3) is 0 Å². The molecule has 0 unspecified atom stereocenters. The highest BCUT2D eigenvalue weighted by Gasteiger charge is 2.23. The lowest BCUT2D eigenvalue weighted by molar-refractivity contribution is 0.0469. The Morgan fingerprint density at radius 1 is 1.11 bits per heavy atom. The van der Waals surface area contributed by atoms with Crippen LogP contribution in [-0.4, -0.2) is 122 Å². The highest BCUT2D eigenvalue weighted by Crippen LogP contribution is 2.27. The highest BCUT2D eigenvalue weighted by atomic mass is 16.5. The van der Waals surface area contributed by atoms with E-state index in [-0.39, 0.29) is 12.0 Å². The van der Waals surface area contributed by atoms with Crippen molar-refractivity contribution in [3.05, 3.63) is 41.6 Å². The van der Waals surface area contributed by atoms with Gasteiger partial charge < -0.3 is 28.8 Å². The quantitative estimate of drug-likeness (QED) is 0.427. The molecule has 1 aliphatic rings. The summed E-state index contributed by atoms with van der Waals surface area (Å²) in [5.41, 5.74) is 1.37. The summed E-state index contributed by atoms with van der Waals surface area (Å²) in [5.74, 6) is 1.73. The Bertz CT molecular complexity index is 989. The average Bonchev–Trinajstić information content (AvgIpc) is 3.35. The molecule has 0 radical (unpaired) electrons. The Kier molecular flexibility index (Phi) is 10.7. The van der Waals surface area contributed by atoms with Crippen LogP contribution in [0.3, 0.4) is 0 Å². The summed E-state index contributed by atoms with van der Waals surface area (Å²) < 4.78 is 16.3. The number of rotatable bonds is 13. The SMILES string of the molecule is COc1ccc(CCN(C)C(=O)c2coc(CN3CCN(C[C@H](O)CN(C)C(C)C)CC3)n2)cc1OC. The van der Waals surface area contributed by atoms with Crippen LogP contribution in [0.5, 0.6) is 11.5 Å². The van der Waals surface area contributed by atoms with Gasteiger partial charge in [0.15, 0.2) is 17.2 Å². The second-order valence-electron chi connectivity index (χ2n) is 10.1. The van der Waals surface area contributed by atoms with E-state index in [1.165, 1.54) is 6.26 Å². The van der Waals surface area contributed by atoms with E-state index in [0.29, 0.717) is 61.7 Å². The number of nitrogens with zero attached hydrogens (tertiary/aromatic N) is 5. The number of aliphatic hydroxyl groups excluding tert-OH is 1. The number of piperazine rings is 1. The summed E-state index contributed by atoms with van der Waals surface area (Å²) in [6.07, 6.45) is 1.77. The van der Waals surface area contributed by atoms with E-state index in [0.717, 1.165) is 31.7 Å². The molecule has 1 N–H and O–H groups in total. The molecule has 2 aromatic rings. The first kappa shape index (κ1) is 28.9. The van der Waals surface area contributed by atoms with Crippen molar-refractivity contribution in [3.8, 4) is 11.5 Å². The summed E-state index contributed by atoms with van der Waals surface area (Å²) in [7, 11) is 7.02. The zero-order chi connectivity index (χ0) is 26.9. The fourth-order valence-corrected chi connectivity index (χ4v) is 4.33. The zero-order valence-electron chi connectivity index (χ0n) is 23.1. The van der Waals surface area contributed by atoms with Gasteiger partial charge in [-0.3, -0.25) is 14.6 Å². The zero-order valence-corrected chi connectivity index (χ0v) is 23.1. The van der Waals surface area contributed by atoms with Crippen molar-refractivity contribution in [3.63, 3.8) is 0 Å². The summed E-state index contributed by atoms with van der Waals surface area (Å²) in [4.78, 5) is 25.7. The molecule has 10 nitrogen and oxygen atoms in total. The number of aromatic nitrogens is 1. The molecule has 0 aliphatic carbocycles. The third kappa shape index (κ3) is 8.43. The first-order valence-corrected chi connectivity index (χ1v) is 12.9. The van der Waals surface area contributed by atoms with Gasteiger partial charge in [-0.1, -0.05) is 6.07 Å². The van der Waals surface area contributed by atoms with Crippen LogP contribution in [-0.2, 0) is 13.0 Å². The van der Waals surface area contributed by atoms with Gasteiger partial charge in [0, 0.05) is 58.9 Å². The number of oxazole rings is 1. The Hall–Kier alpha value is -2.66. The minimum atomic E-state index is -0.358. The largest absolute Gasteiger partial charge is 0.493 e. The number of carbonyl (C=O) groups is 1. The molecule has 10 heteroatoms. The number of β-amino-alcohol motifs (C(OH)–C–C–N with tert-alkyl or cyclic N) is 1. The number of carbonyl (C=O) groups excluding carboxylic acids is 1. The van der Waals surface area contributed by atoms with E-state index in [1.54, 1.807) is 26.2 Å². The number of likely N-dealkylation sites (N-methyl/N-ethyl adjacent to an activating group) is 2. The number of aliphatic hydroxyl groups is 1. The maximum absolute atomic E-state index is 12.9. The fraction of sp³-hybridized carbons (Fsp3) is 0.630. The van der Waals surface area contributed by atoms with Crippen molar-refractivity contribution in [1.29, 1.82) is 0 Å². The molecule has 0 bridgehead atoms. The number of ether oxygens (including phenoxy) is 2. The first-order chi connectivity index (χ1) is 17.7. The molecule has 1 aromatic carbocycles. The molecule has 1 atom stereocenters. The number of hydrogen-bond acceptors (Lipinski definition) is 9. The molecular formula is C27H43N5O5. The van der Waals surface area contributed by atoms with Crippen molar-refractivity contribution in [2.45, 2.75) is 39.0 Å². The maximum atomic E-state index is 12.9. The van der Waals surface area contributed by atoms with Crippen LogP contribution in [0.15, 0.2) is 28.9 Å². The molecule has 206 valence electrons. The molecule has 0 saturated carbocycles. The molecule has 0 spiro atoms. The smallest absolute Gasteiger partial charge is 0.275 e. The molecule has 3 rings (SSSR count). The molecule has 2 heterocycles. The molecular weight excluding hydrogens is 474 g/mol. The minimum Gasteiger partial charge on any atom is -0.493 e. The van der Waals surface area contributed by atoms with Crippen LogP contribution >= 0.6 is 0 Å². The molecule has 1 saturated heterocycles. The van der Waals surface area contributed by atoms with Crippen LogP contribution < -0.4 is 9.47 Å². The molecule has 1 fully saturated rings. The topological polar surface area (TPSA) is 94.8 Å². The Morgan fingerprint density at radius 2 is 1.78 bits per heavy atom. The lowest BCUT2D eigenvalue weighted by atomic mass is 10.1. The third-order valence-electron chi connectivity index (χ3n) is 6.97. The van der Waals surface area contributed by atoms with Crippen molar-refractivity contribution >= 4 is 5.91 Å². The summed E-state index contributed by atoms with van der Waals surface area (Å²) in [5, 5.41) is 10.4. The lowest BCUT2D eigenvalue weighted by Gasteiger charge is -2.35. The van der Waals surface area contributed by atoms with Gasteiger partial charge in [-0.2, -0.15) is 0 Å². The van der Waals surface area contributed by atoms with E-state index in [4.69, 9.17) is 13.9 Å². The number of amides is 1. The Morgan fingerprint density at radius 3 is 2.43 bits per heavy atom. The second-order valence-corrected chi connectivity index (χ2v) is 10.1. The number of hydrogen-bond donors (Lipinski definition) is 1. The van der Waals surface area contributed by atoms with Gasteiger partial charge in [-0.05, 0) is 45.0 Å². The van der Waals surface area contributed by atoms with Crippen LogP contribution in [0.1, 0.15) is 35.8 Å². The Labute approximate surface area is 220 Å². The van der Waals surface area contributed by atoms with E-state index in [1.807, 2.05) is 25.2 Å². The maximum Gasteiger partial charge on any atom is 0.275 e. The first-order valence-electron chi connectivity index (χ1n) is 12.9. The van der Waals surface area contributed by atoms with Gasteiger partial charge in [0.2, 0.25) is 5.89 Å². The van der Waals surface area contributed by atoms with Crippen molar-refractivity contribution in [2.75, 3.05) is 74.1 Å². The lowest BCUT2D eigenvalue weighted by Crippen LogP contribution is -2.49. The Balaban J connectivity index is 1.43. The van der Waals surface area contributed by atoms with Crippen molar-refractivity contribution < 1.29 is 23.8 Å². The van der Waals surface area contributed by atoms with Crippen LogP contribution in [0, 0.1) is 0 Å². The van der Waals surface area contributed by atoms with Crippen LogP contribution in [0.4, 0.5) is 0 Å². The van der Waals surface area contributed by atoms with Gasteiger partial charge >= 0.3 is 0 Å².